The van der Waals surface area contributed by atoms with Gasteiger partial charge in [0.05, 0.1) is 0 Å². The minimum atomic E-state index is 0.319. The molecule has 0 bridgehead atoms. The minimum absolute atomic E-state index is 0.319. The lowest BCUT2D eigenvalue weighted by Gasteiger charge is -2.15. The van der Waals surface area contributed by atoms with Crippen LogP contribution in [-0.2, 0) is 13.2 Å². The quantitative estimate of drug-likeness (QED) is 0.517. The van der Waals surface area contributed by atoms with E-state index >= 15 is 0 Å². The molecular formula is C26H29NO2. The number of nitrogens with one attached hydrogen (secondary N) is 1. The van der Waals surface area contributed by atoms with Gasteiger partial charge in [-0.05, 0) is 84.7 Å². The van der Waals surface area contributed by atoms with Crippen molar-refractivity contribution in [2.45, 2.75) is 39.8 Å². The summed E-state index contributed by atoms with van der Waals surface area (Å²) in [6.45, 7) is 6.63. The van der Waals surface area contributed by atoms with Crippen LogP contribution in [0.25, 0.3) is 11.1 Å². The van der Waals surface area contributed by atoms with Crippen molar-refractivity contribution >= 4 is 0 Å². The fourth-order valence-corrected chi connectivity index (χ4v) is 3.63. The number of hydrogen-bond acceptors (Lipinski definition) is 3. The molecule has 0 radical (unpaired) electrons. The number of aromatic hydroxyl groups is 1. The summed E-state index contributed by atoms with van der Waals surface area (Å²) in [6, 6.07) is 20.4. The van der Waals surface area contributed by atoms with Crippen molar-refractivity contribution in [1.29, 1.82) is 0 Å². The topological polar surface area (TPSA) is 41.5 Å². The van der Waals surface area contributed by atoms with Gasteiger partial charge in [-0.25, -0.2) is 0 Å². The highest BCUT2D eigenvalue weighted by atomic mass is 16.5. The number of phenols is 1. The van der Waals surface area contributed by atoms with E-state index in [1.807, 2.05) is 31.2 Å². The zero-order valence-corrected chi connectivity index (χ0v) is 17.2. The molecule has 1 fully saturated rings. The van der Waals surface area contributed by atoms with E-state index in [9.17, 15) is 5.11 Å². The maximum Gasteiger partial charge on any atom is 0.123 e. The molecule has 0 aliphatic heterocycles. The average Bonchev–Trinajstić information content (AvgIpc) is 3.55. The maximum atomic E-state index is 10.0. The molecule has 1 saturated carbocycles. The Balaban J connectivity index is 1.41. The molecule has 0 saturated heterocycles. The Labute approximate surface area is 173 Å². The first-order valence-electron chi connectivity index (χ1n) is 10.4. The van der Waals surface area contributed by atoms with Crippen LogP contribution >= 0.6 is 0 Å². The average molecular weight is 388 g/mol. The Morgan fingerprint density at radius 1 is 0.862 bits per heavy atom. The second-order valence-electron chi connectivity index (χ2n) is 8.06. The second kappa shape index (κ2) is 8.71. The smallest absolute Gasteiger partial charge is 0.123 e. The molecule has 1 aliphatic rings. The van der Waals surface area contributed by atoms with Crippen molar-refractivity contribution < 1.29 is 9.84 Å². The van der Waals surface area contributed by atoms with Gasteiger partial charge in [-0.2, -0.15) is 0 Å². The number of ether oxygens (including phenoxy) is 1. The van der Waals surface area contributed by atoms with Gasteiger partial charge in [0.25, 0.3) is 0 Å². The van der Waals surface area contributed by atoms with Crippen LogP contribution in [0.4, 0.5) is 0 Å². The molecule has 1 aliphatic carbocycles. The summed E-state index contributed by atoms with van der Waals surface area (Å²) in [6.07, 6.45) is 2.77. The van der Waals surface area contributed by atoms with Crippen LogP contribution < -0.4 is 10.1 Å². The molecule has 3 aromatic carbocycles. The minimum Gasteiger partial charge on any atom is -0.508 e. The van der Waals surface area contributed by atoms with Crippen LogP contribution in [0.1, 0.15) is 35.1 Å². The molecule has 3 aromatic rings. The van der Waals surface area contributed by atoms with Gasteiger partial charge in [-0.1, -0.05) is 48.5 Å². The zero-order chi connectivity index (χ0) is 20.2. The number of benzene rings is 3. The third-order valence-corrected chi connectivity index (χ3v) is 5.76. The van der Waals surface area contributed by atoms with E-state index in [-0.39, 0.29) is 0 Å². The fraction of sp³-hybridized carbons (Fsp3) is 0.308. The standard InChI is InChI=1S/C26H29NO2/c1-18-23(5-3-7-25(18)28)24-6-4-8-26(19(24)2)29-17-22-13-11-21(12-14-22)16-27-15-20-9-10-20/h3-8,11-14,20,27-28H,9-10,15-17H2,1-2H3. The normalized spacial score (nSPS) is 13.4. The first-order valence-corrected chi connectivity index (χ1v) is 10.4. The van der Waals surface area contributed by atoms with E-state index in [2.05, 4.69) is 42.6 Å². The summed E-state index contributed by atoms with van der Waals surface area (Å²) in [5.74, 6) is 2.10. The van der Waals surface area contributed by atoms with E-state index in [4.69, 9.17) is 4.74 Å². The lowest BCUT2D eigenvalue weighted by Crippen LogP contribution is -2.16. The first kappa shape index (κ1) is 19.5. The largest absolute Gasteiger partial charge is 0.508 e. The summed E-state index contributed by atoms with van der Waals surface area (Å²) in [7, 11) is 0. The van der Waals surface area contributed by atoms with Gasteiger partial charge in [0.15, 0.2) is 0 Å². The predicted molar refractivity (Wildman–Crippen MR) is 118 cm³/mol. The monoisotopic (exact) mass is 387 g/mol. The number of hydrogen-bond donors (Lipinski definition) is 2. The van der Waals surface area contributed by atoms with Crippen molar-refractivity contribution in [3.63, 3.8) is 0 Å². The molecule has 0 unspecified atom stereocenters. The molecule has 150 valence electrons. The van der Waals surface area contributed by atoms with Crippen LogP contribution in [0.5, 0.6) is 11.5 Å². The Kier molecular flexibility index (Phi) is 5.86. The molecular weight excluding hydrogens is 358 g/mol. The van der Waals surface area contributed by atoms with Gasteiger partial charge in [-0.3, -0.25) is 0 Å². The van der Waals surface area contributed by atoms with Gasteiger partial charge in [0, 0.05) is 6.54 Å². The number of phenolic OH excluding ortho intramolecular Hbond substituents is 1. The predicted octanol–water partition coefficient (Wildman–Crippen LogP) is 5.75. The summed E-state index contributed by atoms with van der Waals surface area (Å²) >= 11 is 0. The summed E-state index contributed by atoms with van der Waals surface area (Å²) in [4.78, 5) is 0. The summed E-state index contributed by atoms with van der Waals surface area (Å²) < 4.78 is 6.14. The lowest BCUT2D eigenvalue weighted by atomic mass is 9.95. The SMILES string of the molecule is Cc1c(O)cccc1-c1cccc(OCc2ccc(CNCC3CC3)cc2)c1C. The highest BCUT2D eigenvalue weighted by molar-refractivity contribution is 5.74. The number of rotatable bonds is 8. The Bertz CT molecular complexity index is 974. The third kappa shape index (κ3) is 4.80. The summed E-state index contributed by atoms with van der Waals surface area (Å²) in [5, 5.41) is 13.6. The van der Waals surface area contributed by atoms with Crippen molar-refractivity contribution in [3.05, 3.63) is 82.9 Å². The molecule has 0 spiro atoms. The van der Waals surface area contributed by atoms with Crippen LogP contribution in [0, 0.1) is 19.8 Å². The molecule has 4 rings (SSSR count). The Morgan fingerprint density at radius 2 is 1.52 bits per heavy atom. The molecule has 3 nitrogen and oxygen atoms in total. The molecule has 29 heavy (non-hydrogen) atoms. The van der Waals surface area contributed by atoms with Gasteiger partial charge >= 0.3 is 0 Å². The Morgan fingerprint density at radius 3 is 2.24 bits per heavy atom. The van der Waals surface area contributed by atoms with Crippen LogP contribution in [0.3, 0.4) is 0 Å². The van der Waals surface area contributed by atoms with E-state index in [0.29, 0.717) is 12.4 Å². The van der Waals surface area contributed by atoms with E-state index in [0.717, 1.165) is 52.6 Å². The van der Waals surface area contributed by atoms with Crippen molar-refractivity contribution in [2.75, 3.05) is 6.54 Å². The summed E-state index contributed by atoms with van der Waals surface area (Å²) in [5.41, 5.74) is 6.57. The van der Waals surface area contributed by atoms with Gasteiger partial charge < -0.3 is 15.2 Å². The van der Waals surface area contributed by atoms with Crippen molar-refractivity contribution in [2.24, 2.45) is 5.92 Å². The highest BCUT2D eigenvalue weighted by Crippen LogP contribution is 2.35. The van der Waals surface area contributed by atoms with Gasteiger partial charge in [0.1, 0.15) is 18.1 Å². The van der Waals surface area contributed by atoms with Gasteiger partial charge in [-0.15, -0.1) is 0 Å². The third-order valence-electron chi connectivity index (χ3n) is 5.76. The second-order valence-corrected chi connectivity index (χ2v) is 8.06. The van der Waals surface area contributed by atoms with Crippen LogP contribution in [0.15, 0.2) is 60.7 Å². The fourth-order valence-electron chi connectivity index (χ4n) is 3.63. The van der Waals surface area contributed by atoms with E-state index in [1.165, 1.54) is 18.4 Å². The molecule has 0 aromatic heterocycles. The Hall–Kier alpha value is -2.78. The van der Waals surface area contributed by atoms with Crippen molar-refractivity contribution in [1.82, 2.24) is 5.32 Å². The van der Waals surface area contributed by atoms with Crippen LogP contribution in [0.2, 0.25) is 0 Å². The van der Waals surface area contributed by atoms with E-state index in [1.54, 1.807) is 6.07 Å². The molecule has 2 N–H and O–H groups in total. The highest BCUT2D eigenvalue weighted by Gasteiger charge is 2.20. The maximum absolute atomic E-state index is 10.0. The van der Waals surface area contributed by atoms with Crippen LogP contribution in [-0.4, -0.2) is 11.7 Å². The van der Waals surface area contributed by atoms with Gasteiger partial charge in [0.2, 0.25) is 0 Å². The molecule has 0 atom stereocenters. The van der Waals surface area contributed by atoms with Crippen molar-refractivity contribution in [3.8, 4) is 22.6 Å². The first-order chi connectivity index (χ1) is 14.1. The molecule has 0 heterocycles. The molecule has 0 amide bonds. The van der Waals surface area contributed by atoms with E-state index < -0.39 is 0 Å². The molecule has 3 heteroatoms. The zero-order valence-electron chi connectivity index (χ0n) is 17.2. The lowest BCUT2D eigenvalue weighted by molar-refractivity contribution is 0.304.